The summed E-state index contributed by atoms with van der Waals surface area (Å²) in [5.41, 5.74) is 2.15. The SMILES string of the molecule is Cc1ccc(O[C@@H]2CCOC[C@@H]2NC(=O)CCc2ccsc2)cn1. The molecule has 2 atom stereocenters. The zero-order valence-electron chi connectivity index (χ0n) is 13.7. The van der Waals surface area contributed by atoms with Gasteiger partial charge in [-0.05, 0) is 47.9 Å². The fourth-order valence-electron chi connectivity index (χ4n) is 2.66. The van der Waals surface area contributed by atoms with Crippen LogP contribution in [-0.2, 0) is 16.0 Å². The lowest BCUT2D eigenvalue weighted by Gasteiger charge is -2.32. The molecule has 0 aliphatic carbocycles. The first-order valence-corrected chi connectivity index (χ1v) is 9.12. The summed E-state index contributed by atoms with van der Waals surface area (Å²) < 4.78 is 11.5. The lowest BCUT2D eigenvalue weighted by atomic mass is 10.1. The lowest BCUT2D eigenvalue weighted by Crippen LogP contribution is -2.51. The summed E-state index contributed by atoms with van der Waals surface area (Å²) in [6.07, 6.45) is 3.62. The van der Waals surface area contributed by atoms with Gasteiger partial charge in [-0.3, -0.25) is 9.78 Å². The first-order valence-electron chi connectivity index (χ1n) is 8.18. The molecule has 5 nitrogen and oxygen atoms in total. The van der Waals surface area contributed by atoms with Crippen molar-refractivity contribution in [2.24, 2.45) is 0 Å². The Hall–Kier alpha value is -1.92. The number of hydrogen-bond acceptors (Lipinski definition) is 5. The van der Waals surface area contributed by atoms with Crippen molar-refractivity contribution < 1.29 is 14.3 Å². The molecule has 2 aromatic heterocycles. The van der Waals surface area contributed by atoms with Gasteiger partial charge in [-0.2, -0.15) is 11.3 Å². The van der Waals surface area contributed by atoms with Gasteiger partial charge in [0.15, 0.2) is 0 Å². The zero-order chi connectivity index (χ0) is 16.8. The number of rotatable bonds is 6. The quantitative estimate of drug-likeness (QED) is 0.874. The Morgan fingerprint density at radius 1 is 1.46 bits per heavy atom. The number of nitrogens with one attached hydrogen (secondary N) is 1. The average Bonchev–Trinajstić information content (AvgIpc) is 3.10. The highest BCUT2D eigenvalue weighted by Gasteiger charge is 2.28. The second kappa shape index (κ2) is 8.26. The molecule has 1 aliphatic rings. The van der Waals surface area contributed by atoms with Crippen LogP contribution >= 0.6 is 11.3 Å². The predicted molar refractivity (Wildman–Crippen MR) is 93.4 cm³/mol. The summed E-state index contributed by atoms with van der Waals surface area (Å²) in [4.78, 5) is 16.5. The molecule has 0 unspecified atom stereocenters. The van der Waals surface area contributed by atoms with E-state index in [1.165, 1.54) is 5.56 Å². The Kier molecular flexibility index (Phi) is 5.82. The van der Waals surface area contributed by atoms with Crippen molar-refractivity contribution in [3.63, 3.8) is 0 Å². The molecule has 1 aliphatic heterocycles. The number of pyridine rings is 1. The number of carbonyl (C=O) groups excluding carboxylic acids is 1. The van der Waals surface area contributed by atoms with Crippen LogP contribution in [-0.4, -0.2) is 36.3 Å². The van der Waals surface area contributed by atoms with Gasteiger partial charge in [-0.1, -0.05) is 0 Å². The first kappa shape index (κ1) is 16.9. The molecule has 1 amide bonds. The molecule has 6 heteroatoms. The molecule has 0 bridgehead atoms. The standard InChI is InChI=1S/C18H22N2O3S/c1-13-2-4-15(10-19-13)23-17-6-8-22-11-16(17)20-18(21)5-3-14-7-9-24-12-14/h2,4,7,9-10,12,16-17H,3,5-6,8,11H2,1H3,(H,20,21)/t16-,17+/m0/s1. The van der Waals surface area contributed by atoms with Crippen LogP contribution in [0.25, 0.3) is 0 Å². The van der Waals surface area contributed by atoms with E-state index in [4.69, 9.17) is 9.47 Å². The maximum absolute atomic E-state index is 12.2. The third kappa shape index (κ3) is 4.79. The van der Waals surface area contributed by atoms with Gasteiger partial charge in [0.25, 0.3) is 0 Å². The molecule has 128 valence electrons. The Bertz CT molecular complexity index is 643. The highest BCUT2D eigenvalue weighted by molar-refractivity contribution is 7.07. The van der Waals surface area contributed by atoms with Crippen LogP contribution in [0.5, 0.6) is 5.75 Å². The molecular weight excluding hydrogens is 324 g/mol. The molecule has 2 aromatic rings. The number of thiophene rings is 1. The highest BCUT2D eigenvalue weighted by Crippen LogP contribution is 2.18. The van der Waals surface area contributed by atoms with Crippen LogP contribution < -0.4 is 10.1 Å². The van der Waals surface area contributed by atoms with Crippen molar-refractivity contribution in [3.8, 4) is 5.75 Å². The van der Waals surface area contributed by atoms with Gasteiger partial charge in [0.2, 0.25) is 5.91 Å². The normalized spacial score (nSPS) is 20.5. The average molecular weight is 346 g/mol. The number of carbonyl (C=O) groups is 1. The molecule has 3 rings (SSSR count). The van der Waals surface area contributed by atoms with E-state index in [1.807, 2.05) is 24.4 Å². The van der Waals surface area contributed by atoms with Crippen LogP contribution in [0.2, 0.25) is 0 Å². The van der Waals surface area contributed by atoms with Crippen LogP contribution in [0.4, 0.5) is 0 Å². The predicted octanol–water partition coefficient (Wildman–Crippen LogP) is 2.74. The topological polar surface area (TPSA) is 60.5 Å². The number of hydrogen-bond donors (Lipinski definition) is 1. The number of ether oxygens (including phenoxy) is 2. The first-order chi connectivity index (χ1) is 11.7. The fourth-order valence-corrected chi connectivity index (χ4v) is 3.37. The maximum atomic E-state index is 12.2. The third-order valence-corrected chi connectivity index (χ3v) is 4.76. The highest BCUT2D eigenvalue weighted by atomic mass is 32.1. The second-order valence-corrected chi connectivity index (χ2v) is 6.74. The number of amides is 1. The molecule has 1 fully saturated rings. The summed E-state index contributed by atoms with van der Waals surface area (Å²) in [5.74, 6) is 0.761. The Balaban J connectivity index is 1.53. The molecular formula is C18H22N2O3S. The largest absolute Gasteiger partial charge is 0.486 e. The van der Waals surface area contributed by atoms with Crippen LogP contribution in [0.15, 0.2) is 35.2 Å². The van der Waals surface area contributed by atoms with Crippen molar-refractivity contribution in [2.75, 3.05) is 13.2 Å². The van der Waals surface area contributed by atoms with Crippen LogP contribution in [0.1, 0.15) is 24.1 Å². The van der Waals surface area contributed by atoms with Crippen molar-refractivity contribution in [1.29, 1.82) is 0 Å². The van der Waals surface area contributed by atoms with E-state index in [0.717, 1.165) is 24.3 Å². The smallest absolute Gasteiger partial charge is 0.220 e. The minimum absolute atomic E-state index is 0.0346. The van der Waals surface area contributed by atoms with E-state index in [9.17, 15) is 4.79 Å². The van der Waals surface area contributed by atoms with Gasteiger partial charge in [-0.15, -0.1) is 0 Å². The van der Waals surface area contributed by atoms with Gasteiger partial charge >= 0.3 is 0 Å². The molecule has 0 spiro atoms. The summed E-state index contributed by atoms with van der Waals surface area (Å²) in [5, 5.41) is 7.16. The van der Waals surface area contributed by atoms with E-state index in [2.05, 4.69) is 21.7 Å². The summed E-state index contributed by atoms with van der Waals surface area (Å²) in [6, 6.07) is 5.75. The monoisotopic (exact) mass is 346 g/mol. The van der Waals surface area contributed by atoms with Crippen molar-refractivity contribution in [2.45, 2.75) is 38.3 Å². The van der Waals surface area contributed by atoms with Crippen molar-refractivity contribution in [3.05, 3.63) is 46.4 Å². The van der Waals surface area contributed by atoms with Gasteiger partial charge in [0.05, 0.1) is 25.5 Å². The van der Waals surface area contributed by atoms with E-state index in [0.29, 0.717) is 19.6 Å². The fraction of sp³-hybridized carbons (Fsp3) is 0.444. The lowest BCUT2D eigenvalue weighted by molar-refractivity contribution is -0.124. The molecule has 3 heterocycles. The molecule has 1 N–H and O–H groups in total. The van der Waals surface area contributed by atoms with E-state index in [1.54, 1.807) is 17.5 Å². The minimum Gasteiger partial charge on any atom is -0.486 e. The summed E-state index contributed by atoms with van der Waals surface area (Å²) >= 11 is 1.65. The molecule has 0 aromatic carbocycles. The molecule has 0 radical (unpaired) electrons. The summed E-state index contributed by atoms with van der Waals surface area (Å²) in [6.45, 7) is 3.06. The molecule has 0 saturated carbocycles. The number of nitrogens with zero attached hydrogens (tertiary/aromatic N) is 1. The zero-order valence-corrected chi connectivity index (χ0v) is 14.6. The Labute approximate surface area is 146 Å². The Morgan fingerprint density at radius 3 is 3.12 bits per heavy atom. The maximum Gasteiger partial charge on any atom is 0.220 e. The Morgan fingerprint density at radius 2 is 2.38 bits per heavy atom. The molecule has 24 heavy (non-hydrogen) atoms. The van der Waals surface area contributed by atoms with Gasteiger partial charge in [0.1, 0.15) is 11.9 Å². The van der Waals surface area contributed by atoms with E-state index < -0.39 is 0 Å². The minimum atomic E-state index is -0.130. The van der Waals surface area contributed by atoms with Gasteiger partial charge < -0.3 is 14.8 Å². The van der Waals surface area contributed by atoms with Crippen molar-refractivity contribution in [1.82, 2.24) is 10.3 Å². The second-order valence-electron chi connectivity index (χ2n) is 5.96. The third-order valence-electron chi connectivity index (χ3n) is 4.03. The van der Waals surface area contributed by atoms with E-state index >= 15 is 0 Å². The van der Waals surface area contributed by atoms with Crippen LogP contribution in [0.3, 0.4) is 0 Å². The van der Waals surface area contributed by atoms with Gasteiger partial charge in [-0.25, -0.2) is 0 Å². The van der Waals surface area contributed by atoms with Crippen LogP contribution in [0, 0.1) is 6.92 Å². The number of aromatic nitrogens is 1. The van der Waals surface area contributed by atoms with E-state index in [-0.39, 0.29) is 18.1 Å². The number of aryl methyl sites for hydroxylation is 2. The van der Waals surface area contributed by atoms with Crippen molar-refractivity contribution >= 4 is 17.2 Å². The van der Waals surface area contributed by atoms with Gasteiger partial charge in [0, 0.05) is 18.5 Å². The molecule has 1 saturated heterocycles. The summed E-state index contributed by atoms with van der Waals surface area (Å²) in [7, 11) is 0.